The van der Waals surface area contributed by atoms with E-state index in [2.05, 4.69) is 32.9 Å². The van der Waals surface area contributed by atoms with Crippen LogP contribution in [0, 0.1) is 0 Å². The summed E-state index contributed by atoms with van der Waals surface area (Å²) in [7, 11) is 0. The van der Waals surface area contributed by atoms with Crippen LogP contribution >= 0.6 is 11.8 Å². The highest BCUT2D eigenvalue weighted by Crippen LogP contribution is 2.41. The first-order chi connectivity index (χ1) is 15.8. The van der Waals surface area contributed by atoms with Crippen molar-refractivity contribution < 1.29 is 9.53 Å². The van der Waals surface area contributed by atoms with Gasteiger partial charge < -0.3 is 4.74 Å². The Kier molecular flexibility index (Phi) is 8.46. The molecule has 0 N–H and O–H groups in total. The Morgan fingerprint density at radius 3 is 2.30 bits per heavy atom. The second-order valence-electron chi connectivity index (χ2n) is 9.05. The van der Waals surface area contributed by atoms with E-state index in [9.17, 15) is 4.79 Å². The van der Waals surface area contributed by atoms with E-state index >= 15 is 0 Å². The van der Waals surface area contributed by atoms with Gasteiger partial charge in [-0.15, -0.1) is 0 Å². The summed E-state index contributed by atoms with van der Waals surface area (Å²) in [6.07, 6.45) is 1.79. The van der Waals surface area contributed by atoms with E-state index in [0.717, 1.165) is 46.3 Å². The molecule has 0 aliphatic carbocycles. The number of urea groups is 1. The number of para-hydroxylation sites is 1. The van der Waals surface area contributed by atoms with Crippen LogP contribution in [0.25, 0.3) is 0 Å². The van der Waals surface area contributed by atoms with E-state index in [0.29, 0.717) is 11.8 Å². The van der Waals surface area contributed by atoms with Gasteiger partial charge in [0.15, 0.2) is 5.17 Å². The highest BCUT2D eigenvalue weighted by atomic mass is 32.2. The second-order valence-corrected chi connectivity index (χ2v) is 9.96. The minimum atomic E-state index is -0.000805. The molecule has 0 bridgehead atoms. The van der Waals surface area contributed by atoms with Crippen LogP contribution in [0.5, 0.6) is 11.5 Å². The fourth-order valence-corrected chi connectivity index (χ4v) is 5.15. The number of rotatable bonds is 8. The Labute approximate surface area is 203 Å². The number of hydrogen-bond donors (Lipinski definition) is 0. The molecule has 1 unspecified atom stereocenters. The van der Waals surface area contributed by atoms with Crippen molar-refractivity contribution in [1.82, 2.24) is 4.90 Å². The number of amides is 2. The summed E-state index contributed by atoms with van der Waals surface area (Å²) in [5, 5.41) is 0.813. The lowest BCUT2D eigenvalue weighted by atomic mass is 9.92. The first-order valence-corrected chi connectivity index (χ1v) is 13.0. The maximum atomic E-state index is 13.8. The molecule has 0 saturated carbocycles. The molecule has 0 spiro atoms. The smallest absolute Gasteiger partial charge is 0.331 e. The molecule has 0 aromatic heterocycles. The highest BCUT2D eigenvalue weighted by Gasteiger charge is 2.36. The van der Waals surface area contributed by atoms with Crippen molar-refractivity contribution in [3.05, 3.63) is 53.6 Å². The zero-order chi connectivity index (χ0) is 24.1. The molecule has 3 rings (SSSR count). The van der Waals surface area contributed by atoms with Crippen LogP contribution in [0.2, 0.25) is 0 Å². The maximum Gasteiger partial charge on any atom is 0.331 e. The normalized spacial score (nSPS) is 16.8. The first-order valence-electron chi connectivity index (χ1n) is 12.0. The van der Waals surface area contributed by atoms with Crippen molar-refractivity contribution >= 4 is 28.6 Å². The number of amidine groups is 1. The molecule has 178 valence electrons. The molecule has 1 aliphatic rings. The van der Waals surface area contributed by atoms with E-state index < -0.39 is 0 Å². The molecular weight excluding hydrogens is 430 g/mol. The van der Waals surface area contributed by atoms with Gasteiger partial charge in [-0.3, -0.25) is 14.8 Å². The van der Waals surface area contributed by atoms with Crippen LogP contribution in [0.15, 0.2) is 47.5 Å². The zero-order valence-electron chi connectivity index (χ0n) is 21.0. The topological polar surface area (TPSA) is 45.1 Å². The van der Waals surface area contributed by atoms with Gasteiger partial charge in [-0.05, 0) is 81.8 Å². The lowest BCUT2D eigenvalue weighted by Gasteiger charge is -2.40. The minimum Gasteiger partial charge on any atom is -0.457 e. The molecule has 1 saturated heterocycles. The molecule has 2 amide bonds. The van der Waals surface area contributed by atoms with Crippen LogP contribution in [-0.2, 0) is 6.42 Å². The predicted molar refractivity (Wildman–Crippen MR) is 141 cm³/mol. The third-order valence-corrected chi connectivity index (χ3v) is 6.76. The first kappa shape index (κ1) is 25.2. The summed E-state index contributed by atoms with van der Waals surface area (Å²) in [5.74, 6) is 2.48. The molecule has 5 nitrogen and oxygen atoms in total. The lowest BCUT2D eigenvalue weighted by molar-refractivity contribution is 0.220. The Bertz CT molecular complexity index is 988. The van der Waals surface area contributed by atoms with Gasteiger partial charge >= 0.3 is 6.03 Å². The van der Waals surface area contributed by atoms with Crippen molar-refractivity contribution in [3.8, 4) is 11.5 Å². The quantitative estimate of drug-likeness (QED) is 0.400. The van der Waals surface area contributed by atoms with E-state index in [1.807, 2.05) is 67.8 Å². The predicted octanol–water partition coefficient (Wildman–Crippen LogP) is 7.66. The van der Waals surface area contributed by atoms with Gasteiger partial charge in [0.05, 0.1) is 11.6 Å². The molecule has 0 radical (unpaired) electrons. The van der Waals surface area contributed by atoms with Gasteiger partial charge in [-0.2, -0.15) is 0 Å². The molecule has 2 aromatic rings. The van der Waals surface area contributed by atoms with Gasteiger partial charge in [-0.1, -0.05) is 50.7 Å². The number of benzene rings is 2. The molecule has 1 fully saturated rings. The van der Waals surface area contributed by atoms with Crippen molar-refractivity contribution in [2.24, 2.45) is 4.99 Å². The number of thioether (sulfide) groups is 1. The van der Waals surface area contributed by atoms with Gasteiger partial charge in [0.1, 0.15) is 11.5 Å². The lowest BCUT2D eigenvalue weighted by Crippen LogP contribution is -2.53. The third-order valence-electron chi connectivity index (χ3n) is 5.82. The molecule has 33 heavy (non-hydrogen) atoms. The Hall–Kier alpha value is -2.47. The van der Waals surface area contributed by atoms with Crippen molar-refractivity contribution in [2.75, 3.05) is 10.8 Å². The van der Waals surface area contributed by atoms with Gasteiger partial charge in [0.2, 0.25) is 0 Å². The zero-order valence-corrected chi connectivity index (χ0v) is 21.8. The summed E-state index contributed by atoms with van der Waals surface area (Å²) >= 11 is 1.64. The molecule has 1 atom stereocenters. The summed E-state index contributed by atoms with van der Waals surface area (Å²) in [6.45, 7) is 14.7. The van der Waals surface area contributed by atoms with Crippen molar-refractivity contribution in [2.45, 2.75) is 79.3 Å². The molecule has 2 aromatic carbocycles. The van der Waals surface area contributed by atoms with Crippen LogP contribution in [0.4, 0.5) is 10.5 Å². The van der Waals surface area contributed by atoms with E-state index in [4.69, 9.17) is 9.73 Å². The number of ether oxygens (including phenoxy) is 1. The monoisotopic (exact) mass is 467 g/mol. The highest BCUT2D eigenvalue weighted by molar-refractivity contribution is 8.14. The Balaban J connectivity index is 2.08. The average molecular weight is 468 g/mol. The number of hydrogen-bond acceptors (Lipinski definition) is 4. The number of aryl methyl sites for hydroxylation is 1. The minimum absolute atomic E-state index is 0.000805. The van der Waals surface area contributed by atoms with Crippen LogP contribution < -0.4 is 9.64 Å². The largest absolute Gasteiger partial charge is 0.457 e. The standard InChI is InChI=1S/C27H37N3O2S/c1-8-20(7)24-16-23(32-22-13-11-10-12-14-22)15-21(9-2)25(24)29-17-33-26(28-18(3)4)30(19(5)6)27(29)31/h10-16,18-20H,8-9,17H2,1-7H3. The number of carbonyl (C=O) groups excluding carboxylic acids is 1. The second kappa shape index (κ2) is 11.1. The summed E-state index contributed by atoms with van der Waals surface area (Å²) < 4.78 is 6.21. The molecule has 1 heterocycles. The van der Waals surface area contributed by atoms with Crippen LogP contribution in [-0.4, -0.2) is 34.1 Å². The van der Waals surface area contributed by atoms with Gasteiger partial charge in [0.25, 0.3) is 0 Å². The van der Waals surface area contributed by atoms with Crippen molar-refractivity contribution in [1.29, 1.82) is 0 Å². The molecule has 1 aliphatic heterocycles. The summed E-state index contributed by atoms with van der Waals surface area (Å²) in [6, 6.07) is 14.2. The van der Waals surface area contributed by atoms with Crippen LogP contribution in [0.3, 0.4) is 0 Å². The van der Waals surface area contributed by atoms with Gasteiger partial charge in [-0.25, -0.2) is 4.79 Å². The number of aliphatic imine (C=N–C) groups is 1. The Morgan fingerprint density at radius 2 is 1.73 bits per heavy atom. The SMILES string of the molecule is CCc1cc(Oc2ccccc2)cc(C(C)CC)c1N1CSC(=NC(C)C)N(C(C)C)C1=O. The van der Waals surface area contributed by atoms with Crippen molar-refractivity contribution in [3.63, 3.8) is 0 Å². The summed E-state index contributed by atoms with van der Waals surface area (Å²) in [4.78, 5) is 22.3. The summed E-state index contributed by atoms with van der Waals surface area (Å²) in [5.41, 5.74) is 3.31. The molecular formula is C27H37N3O2S. The fraction of sp³-hybridized carbons (Fsp3) is 0.481. The number of carbonyl (C=O) groups is 1. The maximum absolute atomic E-state index is 13.8. The average Bonchev–Trinajstić information content (AvgIpc) is 2.78. The third kappa shape index (κ3) is 5.72. The number of anilines is 1. The Morgan fingerprint density at radius 1 is 1.03 bits per heavy atom. The van der Waals surface area contributed by atoms with Gasteiger partial charge in [0, 0.05) is 12.1 Å². The molecule has 6 heteroatoms. The fourth-order valence-electron chi connectivity index (χ4n) is 3.95. The van der Waals surface area contributed by atoms with Crippen LogP contribution in [0.1, 0.15) is 71.9 Å². The van der Waals surface area contributed by atoms with E-state index in [1.165, 1.54) is 0 Å². The van der Waals surface area contributed by atoms with E-state index in [-0.39, 0.29) is 18.1 Å². The number of nitrogens with zero attached hydrogens (tertiary/aromatic N) is 3. The van der Waals surface area contributed by atoms with E-state index in [1.54, 1.807) is 11.8 Å².